The van der Waals surface area contributed by atoms with E-state index in [1.54, 1.807) is 24.4 Å². The second kappa shape index (κ2) is 8.71. The van der Waals surface area contributed by atoms with E-state index >= 15 is 0 Å². The number of hydrogen-bond donors (Lipinski definition) is 2. The van der Waals surface area contributed by atoms with E-state index in [2.05, 4.69) is 20.6 Å². The molecular weight excluding hydrogens is 438 g/mol. The smallest absolute Gasteiger partial charge is 0.268 e. The first kappa shape index (κ1) is 20.7. The average molecular weight is 458 g/mol. The molecule has 0 saturated heterocycles. The van der Waals surface area contributed by atoms with E-state index in [0.29, 0.717) is 27.7 Å². The highest BCUT2D eigenvalue weighted by Gasteiger charge is 2.16. The van der Waals surface area contributed by atoms with Crippen molar-refractivity contribution in [2.75, 3.05) is 17.2 Å². The first-order valence-corrected chi connectivity index (χ1v) is 11.0. The molecule has 0 bridgehead atoms. The monoisotopic (exact) mass is 457 g/mol. The Morgan fingerprint density at radius 2 is 1.94 bits per heavy atom. The van der Waals surface area contributed by atoms with E-state index in [-0.39, 0.29) is 18.2 Å². The standard InChI is InChI=1S/C24H19N5O3S/c1-29-18-8-7-16(26-12-19(30)15-5-3-2-4-6-15)11-17(18)27-24(29)28-23(31)22-10-9-21(33-22)20-13-25-14-32-20/h2-11,13-14,26H,12H2,1H3,(H,27,28,31). The Labute approximate surface area is 192 Å². The van der Waals surface area contributed by atoms with Gasteiger partial charge < -0.3 is 14.3 Å². The lowest BCUT2D eigenvalue weighted by atomic mass is 10.1. The number of Topliss-reactive ketones (excluding diaryl/α,β-unsaturated/α-hetero) is 1. The number of nitrogens with zero attached hydrogens (tertiary/aromatic N) is 3. The summed E-state index contributed by atoms with van der Waals surface area (Å²) in [4.78, 5) is 34.9. The SMILES string of the molecule is Cn1c(NC(=O)c2ccc(-c3cnco3)s2)nc2cc(NCC(=O)c3ccccc3)ccc21. The molecule has 0 atom stereocenters. The van der Waals surface area contributed by atoms with Crippen molar-refractivity contribution in [1.29, 1.82) is 0 Å². The molecule has 33 heavy (non-hydrogen) atoms. The second-order valence-corrected chi connectivity index (χ2v) is 8.41. The fraction of sp³-hybridized carbons (Fsp3) is 0.0833. The van der Waals surface area contributed by atoms with Crippen LogP contribution in [-0.4, -0.2) is 32.8 Å². The number of ketones is 1. The van der Waals surface area contributed by atoms with E-state index in [0.717, 1.165) is 16.1 Å². The maximum absolute atomic E-state index is 12.8. The molecule has 0 aliphatic carbocycles. The van der Waals surface area contributed by atoms with Crippen LogP contribution in [0.2, 0.25) is 0 Å². The lowest BCUT2D eigenvalue weighted by molar-refractivity contribution is 0.100. The number of imidazole rings is 1. The molecule has 0 aliphatic rings. The normalized spacial score (nSPS) is 10.9. The van der Waals surface area contributed by atoms with Gasteiger partial charge in [0.1, 0.15) is 0 Å². The molecule has 0 unspecified atom stereocenters. The van der Waals surface area contributed by atoms with Crippen LogP contribution in [0.5, 0.6) is 0 Å². The zero-order chi connectivity index (χ0) is 22.8. The zero-order valence-corrected chi connectivity index (χ0v) is 18.4. The Kier molecular flexibility index (Phi) is 5.45. The van der Waals surface area contributed by atoms with E-state index in [1.807, 2.05) is 54.1 Å². The molecule has 0 aliphatic heterocycles. The molecule has 5 rings (SSSR count). The molecule has 0 fully saturated rings. The first-order chi connectivity index (χ1) is 16.1. The van der Waals surface area contributed by atoms with Gasteiger partial charge in [0.2, 0.25) is 5.95 Å². The van der Waals surface area contributed by atoms with Crippen LogP contribution in [0.3, 0.4) is 0 Å². The van der Waals surface area contributed by atoms with Gasteiger partial charge in [-0.05, 0) is 30.3 Å². The van der Waals surface area contributed by atoms with Crippen molar-refractivity contribution in [3.63, 3.8) is 0 Å². The van der Waals surface area contributed by atoms with Gasteiger partial charge in [-0.15, -0.1) is 11.3 Å². The van der Waals surface area contributed by atoms with Crippen LogP contribution in [0.25, 0.3) is 21.7 Å². The van der Waals surface area contributed by atoms with E-state index < -0.39 is 0 Å². The number of benzene rings is 2. The average Bonchev–Trinajstić information content (AvgIpc) is 3.59. The van der Waals surface area contributed by atoms with Crippen LogP contribution in [0.1, 0.15) is 20.0 Å². The van der Waals surface area contributed by atoms with Gasteiger partial charge in [-0.1, -0.05) is 30.3 Å². The molecule has 164 valence electrons. The molecule has 1 amide bonds. The minimum Gasteiger partial charge on any atom is -0.443 e. The number of nitrogens with one attached hydrogen (secondary N) is 2. The third kappa shape index (κ3) is 4.26. The van der Waals surface area contributed by atoms with Crippen LogP contribution in [-0.2, 0) is 7.05 Å². The van der Waals surface area contributed by atoms with Gasteiger partial charge >= 0.3 is 0 Å². The molecule has 0 spiro atoms. The van der Waals surface area contributed by atoms with Crippen molar-refractivity contribution in [2.45, 2.75) is 0 Å². The second-order valence-electron chi connectivity index (χ2n) is 7.32. The van der Waals surface area contributed by atoms with Crippen molar-refractivity contribution in [3.05, 3.63) is 83.7 Å². The number of rotatable bonds is 7. The van der Waals surface area contributed by atoms with Gasteiger partial charge in [0.25, 0.3) is 5.91 Å². The van der Waals surface area contributed by atoms with E-state index in [4.69, 9.17) is 4.42 Å². The summed E-state index contributed by atoms with van der Waals surface area (Å²) < 4.78 is 7.10. The van der Waals surface area contributed by atoms with Crippen molar-refractivity contribution in [1.82, 2.24) is 14.5 Å². The Hall–Kier alpha value is -4.24. The summed E-state index contributed by atoms with van der Waals surface area (Å²) in [5.41, 5.74) is 3.00. The Morgan fingerprint density at radius 3 is 2.73 bits per heavy atom. The molecule has 9 heteroatoms. The molecule has 0 radical (unpaired) electrons. The molecule has 5 aromatic rings. The number of carbonyl (C=O) groups excluding carboxylic acids is 2. The summed E-state index contributed by atoms with van der Waals surface area (Å²) >= 11 is 1.32. The van der Waals surface area contributed by atoms with Crippen molar-refractivity contribution in [2.24, 2.45) is 7.05 Å². The van der Waals surface area contributed by atoms with Gasteiger partial charge in [0.15, 0.2) is 17.9 Å². The lowest BCUT2D eigenvalue weighted by Crippen LogP contribution is -2.13. The maximum atomic E-state index is 12.8. The lowest BCUT2D eigenvalue weighted by Gasteiger charge is -2.06. The highest BCUT2D eigenvalue weighted by molar-refractivity contribution is 7.17. The van der Waals surface area contributed by atoms with Crippen LogP contribution in [0.15, 0.2) is 77.7 Å². The summed E-state index contributed by atoms with van der Waals surface area (Å²) in [6.45, 7) is 0.178. The Morgan fingerprint density at radius 1 is 1.09 bits per heavy atom. The molecule has 0 saturated carbocycles. The van der Waals surface area contributed by atoms with Gasteiger partial charge in [0, 0.05) is 18.3 Å². The first-order valence-electron chi connectivity index (χ1n) is 10.2. The number of fused-ring (bicyclic) bond motifs is 1. The number of anilines is 2. The number of aryl methyl sites for hydroxylation is 1. The molecule has 3 heterocycles. The number of amides is 1. The Bertz CT molecular complexity index is 1440. The molecule has 2 N–H and O–H groups in total. The maximum Gasteiger partial charge on any atom is 0.268 e. The molecule has 8 nitrogen and oxygen atoms in total. The van der Waals surface area contributed by atoms with Crippen molar-refractivity contribution in [3.8, 4) is 10.6 Å². The van der Waals surface area contributed by atoms with Crippen LogP contribution < -0.4 is 10.6 Å². The van der Waals surface area contributed by atoms with Crippen LogP contribution in [0.4, 0.5) is 11.6 Å². The largest absolute Gasteiger partial charge is 0.443 e. The van der Waals surface area contributed by atoms with Crippen LogP contribution in [0, 0.1) is 0 Å². The topological polar surface area (TPSA) is 102 Å². The highest BCUT2D eigenvalue weighted by atomic mass is 32.1. The third-order valence-electron chi connectivity index (χ3n) is 5.16. The summed E-state index contributed by atoms with van der Waals surface area (Å²) in [7, 11) is 1.84. The summed E-state index contributed by atoms with van der Waals surface area (Å²) in [6.07, 6.45) is 2.97. The predicted octanol–water partition coefficient (Wildman–Crippen LogP) is 4.84. The molecule has 2 aromatic carbocycles. The van der Waals surface area contributed by atoms with Gasteiger partial charge in [-0.2, -0.15) is 0 Å². The predicted molar refractivity (Wildman–Crippen MR) is 128 cm³/mol. The van der Waals surface area contributed by atoms with E-state index in [1.165, 1.54) is 17.7 Å². The summed E-state index contributed by atoms with van der Waals surface area (Å²) in [5.74, 6) is 0.802. The third-order valence-corrected chi connectivity index (χ3v) is 6.26. The number of aromatic nitrogens is 3. The highest BCUT2D eigenvalue weighted by Crippen LogP contribution is 2.29. The number of carbonyl (C=O) groups is 2. The fourth-order valence-corrected chi connectivity index (χ4v) is 4.28. The fourth-order valence-electron chi connectivity index (χ4n) is 3.42. The van der Waals surface area contributed by atoms with Crippen LogP contribution >= 0.6 is 11.3 Å². The minimum absolute atomic E-state index is 0.00492. The summed E-state index contributed by atoms with van der Waals surface area (Å²) in [5, 5.41) is 6.02. The number of thiophene rings is 1. The van der Waals surface area contributed by atoms with Crippen molar-refractivity contribution >= 4 is 45.7 Å². The number of oxazole rings is 1. The minimum atomic E-state index is -0.254. The van der Waals surface area contributed by atoms with E-state index in [9.17, 15) is 9.59 Å². The molecular formula is C24H19N5O3S. The van der Waals surface area contributed by atoms with Gasteiger partial charge in [-0.3, -0.25) is 14.9 Å². The van der Waals surface area contributed by atoms with Crippen molar-refractivity contribution < 1.29 is 14.0 Å². The summed E-state index contributed by atoms with van der Waals surface area (Å²) in [6, 6.07) is 18.4. The Balaban J connectivity index is 1.30. The zero-order valence-electron chi connectivity index (χ0n) is 17.6. The number of hydrogen-bond acceptors (Lipinski definition) is 7. The molecule has 3 aromatic heterocycles. The van der Waals surface area contributed by atoms with Gasteiger partial charge in [-0.25, -0.2) is 9.97 Å². The van der Waals surface area contributed by atoms with Gasteiger partial charge in [0.05, 0.1) is 33.5 Å². The quantitative estimate of drug-likeness (QED) is 0.339.